The van der Waals surface area contributed by atoms with Crippen molar-refractivity contribution in [3.8, 4) is 0 Å². The lowest BCUT2D eigenvalue weighted by Crippen LogP contribution is -2.37. The summed E-state index contributed by atoms with van der Waals surface area (Å²) >= 11 is 5.70. The van der Waals surface area contributed by atoms with Crippen molar-refractivity contribution >= 4 is 17.5 Å². The molecule has 1 fully saturated rings. The highest BCUT2D eigenvalue weighted by Gasteiger charge is 2.32. The van der Waals surface area contributed by atoms with E-state index in [1.165, 1.54) is 0 Å². The second-order valence-electron chi connectivity index (χ2n) is 5.13. The van der Waals surface area contributed by atoms with E-state index in [-0.39, 0.29) is 11.3 Å². The minimum atomic E-state index is -0.240. The molecule has 0 aromatic rings. The lowest BCUT2D eigenvalue weighted by molar-refractivity contribution is -0.138. The summed E-state index contributed by atoms with van der Waals surface area (Å²) in [7, 11) is 0. The second kappa shape index (κ2) is 4.52. The molecule has 0 spiro atoms. The summed E-state index contributed by atoms with van der Waals surface area (Å²) in [6.07, 6.45) is 2.16. The zero-order chi connectivity index (χ0) is 10.8. The van der Waals surface area contributed by atoms with Crippen LogP contribution in [0.4, 0.5) is 0 Å². The van der Waals surface area contributed by atoms with Crippen molar-refractivity contribution in [3.05, 3.63) is 0 Å². The lowest BCUT2D eigenvalue weighted by atomic mass is 9.95. The first-order valence-corrected chi connectivity index (χ1v) is 5.84. The molecule has 82 valence electrons. The Morgan fingerprint density at radius 3 is 2.64 bits per heavy atom. The molecular weight excluding hydrogens is 198 g/mol. The predicted octanol–water partition coefficient (Wildman–Crippen LogP) is 2.51. The third kappa shape index (κ3) is 2.88. The van der Waals surface area contributed by atoms with Crippen molar-refractivity contribution in [3.63, 3.8) is 0 Å². The number of carbonyl (C=O) groups is 1. The van der Waals surface area contributed by atoms with Gasteiger partial charge in [-0.05, 0) is 18.8 Å². The fraction of sp³-hybridized carbons (Fsp3) is 0.909. The maximum absolute atomic E-state index is 11.9. The summed E-state index contributed by atoms with van der Waals surface area (Å²) in [4.78, 5) is 13.9. The van der Waals surface area contributed by atoms with E-state index in [0.717, 1.165) is 25.9 Å². The van der Waals surface area contributed by atoms with Crippen LogP contribution in [0.1, 0.15) is 33.6 Å². The summed E-state index contributed by atoms with van der Waals surface area (Å²) in [5.41, 5.74) is -0.240. The SMILES string of the molecule is CC(C)(C)C(=O)N1CCC(CCCl)C1. The third-order valence-electron chi connectivity index (χ3n) is 2.73. The number of carbonyl (C=O) groups excluding carboxylic acids is 1. The van der Waals surface area contributed by atoms with Crippen molar-refractivity contribution in [1.82, 2.24) is 4.90 Å². The largest absolute Gasteiger partial charge is 0.342 e. The molecule has 1 aliphatic heterocycles. The first-order valence-electron chi connectivity index (χ1n) is 5.30. The van der Waals surface area contributed by atoms with Crippen molar-refractivity contribution < 1.29 is 4.79 Å². The van der Waals surface area contributed by atoms with Gasteiger partial charge in [-0.3, -0.25) is 4.79 Å². The van der Waals surface area contributed by atoms with Crippen molar-refractivity contribution in [2.45, 2.75) is 33.6 Å². The molecule has 0 saturated carbocycles. The molecule has 1 amide bonds. The van der Waals surface area contributed by atoms with Crippen LogP contribution < -0.4 is 0 Å². The standard InChI is InChI=1S/C11H20ClNO/c1-11(2,3)10(14)13-7-5-9(8-13)4-6-12/h9H,4-8H2,1-3H3. The molecule has 1 unspecified atom stereocenters. The highest BCUT2D eigenvalue weighted by Crippen LogP contribution is 2.25. The fourth-order valence-electron chi connectivity index (χ4n) is 1.88. The molecule has 0 aromatic heterocycles. The zero-order valence-electron chi connectivity index (χ0n) is 9.35. The topological polar surface area (TPSA) is 20.3 Å². The number of amides is 1. The van der Waals surface area contributed by atoms with Crippen molar-refractivity contribution in [2.75, 3.05) is 19.0 Å². The fourth-order valence-corrected chi connectivity index (χ4v) is 2.19. The average Bonchev–Trinajstić information content (AvgIpc) is 2.50. The van der Waals surface area contributed by atoms with Crippen LogP contribution in [0.15, 0.2) is 0 Å². The molecule has 3 heteroatoms. The van der Waals surface area contributed by atoms with Gasteiger partial charge in [0.1, 0.15) is 0 Å². The van der Waals surface area contributed by atoms with Gasteiger partial charge in [-0.25, -0.2) is 0 Å². The Kier molecular flexibility index (Phi) is 3.82. The van der Waals surface area contributed by atoms with Crippen LogP contribution in [0, 0.1) is 11.3 Å². The maximum Gasteiger partial charge on any atom is 0.227 e. The first-order chi connectivity index (χ1) is 6.45. The molecule has 0 aliphatic carbocycles. The summed E-state index contributed by atoms with van der Waals surface area (Å²) in [6, 6.07) is 0. The van der Waals surface area contributed by atoms with Gasteiger partial charge in [-0.2, -0.15) is 0 Å². The van der Waals surface area contributed by atoms with Crippen LogP contribution in [0.3, 0.4) is 0 Å². The zero-order valence-corrected chi connectivity index (χ0v) is 10.1. The van der Waals surface area contributed by atoms with Gasteiger partial charge in [0.2, 0.25) is 5.91 Å². The Hall–Kier alpha value is -0.240. The monoisotopic (exact) mass is 217 g/mol. The minimum Gasteiger partial charge on any atom is -0.342 e. The van der Waals surface area contributed by atoms with Gasteiger partial charge in [0.15, 0.2) is 0 Å². The van der Waals surface area contributed by atoms with E-state index in [1.54, 1.807) is 0 Å². The molecule has 0 N–H and O–H groups in total. The molecule has 1 rings (SSSR count). The Balaban J connectivity index is 2.46. The smallest absolute Gasteiger partial charge is 0.227 e. The van der Waals surface area contributed by atoms with E-state index in [0.29, 0.717) is 11.8 Å². The van der Waals surface area contributed by atoms with E-state index >= 15 is 0 Å². The van der Waals surface area contributed by atoms with Crippen LogP contribution in [0.5, 0.6) is 0 Å². The van der Waals surface area contributed by atoms with Crippen LogP contribution in [-0.2, 0) is 4.79 Å². The molecule has 0 aromatic carbocycles. The molecule has 1 saturated heterocycles. The molecular formula is C11H20ClNO. The normalized spacial score (nSPS) is 22.9. The Morgan fingerprint density at radius 2 is 2.14 bits per heavy atom. The number of rotatable bonds is 2. The van der Waals surface area contributed by atoms with Crippen LogP contribution in [0.25, 0.3) is 0 Å². The average molecular weight is 218 g/mol. The van der Waals surface area contributed by atoms with Gasteiger partial charge in [0, 0.05) is 24.4 Å². The van der Waals surface area contributed by atoms with Gasteiger partial charge in [0.05, 0.1) is 0 Å². The van der Waals surface area contributed by atoms with Gasteiger partial charge in [-0.1, -0.05) is 20.8 Å². The molecule has 2 nitrogen and oxygen atoms in total. The lowest BCUT2D eigenvalue weighted by Gasteiger charge is -2.25. The number of hydrogen-bond acceptors (Lipinski definition) is 1. The molecule has 1 heterocycles. The highest BCUT2D eigenvalue weighted by molar-refractivity contribution is 6.17. The van der Waals surface area contributed by atoms with Gasteiger partial charge < -0.3 is 4.90 Å². The van der Waals surface area contributed by atoms with E-state index in [2.05, 4.69) is 0 Å². The summed E-state index contributed by atoms with van der Waals surface area (Å²) in [6.45, 7) is 7.75. The van der Waals surface area contributed by atoms with Crippen molar-refractivity contribution in [1.29, 1.82) is 0 Å². The number of hydrogen-bond donors (Lipinski definition) is 0. The maximum atomic E-state index is 11.9. The van der Waals surface area contributed by atoms with Crippen molar-refractivity contribution in [2.24, 2.45) is 11.3 Å². The Bertz CT molecular complexity index is 210. The molecule has 0 bridgehead atoms. The third-order valence-corrected chi connectivity index (χ3v) is 2.95. The summed E-state index contributed by atoms with van der Waals surface area (Å²) in [5.74, 6) is 1.61. The highest BCUT2D eigenvalue weighted by atomic mass is 35.5. The van der Waals surface area contributed by atoms with Crippen LogP contribution in [0.2, 0.25) is 0 Å². The first kappa shape index (κ1) is 11.8. The molecule has 1 aliphatic rings. The second-order valence-corrected chi connectivity index (χ2v) is 5.51. The quantitative estimate of drug-likeness (QED) is 0.651. The Morgan fingerprint density at radius 1 is 1.50 bits per heavy atom. The van der Waals surface area contributed by atoms with Gasteiger partial charge in [-0.15, -0.1) is 11.6 Å². The molecule has 14 heavy (non-hydrogen) atoms. The van der Waals surface area contributed by atoms with Crippen LogP contribution >= 0.6 is 11.6 Å². The number of halogens is 1. The van der Waals surface area contributed by atoms with E-state index in [4.69, 9.17) is 11.6 Å². The number of alkyl halides is 1. The Labute approximate surface area is 91.6 Å². The van der Waals surface area contributed by atoms with E-state index in [1.807, 2.05) is 25.7 Å². The predicted molar refractivity (Wildman–Crippen MR) is 59.5 cm³/mol. The number of likely N-dealkylation sites (tertiary alicyclic amines) is 1. The van der Waals surface area contributed by atoms with Gasteiger partial charge in [0.25, 0.3) is 0 Å². The van der Waals surface area contributed by atoms with Gasteiger partial charge >= 0.3 is 0 Å². The van der Waals surface area contributed by atoms with E-state index in [9.17, 15) is 4.79 Å². The summed E-state index contributed by atoms with van der Waals surface area (Å²) < 4.78 is 0. The van der Waals surface area contributed by atoms with E-state index < -0.39 is 0 Å². The number of nitrogens with zero attached hydrogens (tertiary/aromatic N) is 1. The molecule has 1 atom stereocenters. The molecule has 0 radical (unpaired) electrons. The minimum absolute atomic E-state index is 0.240. The van der Waals surface area contributed by atoms with Crippen LogP contribution in [-0.4, -0.2) is 29.8 Å². The summed E-state index contributed by atoms with van der Waals surface area (Å²) in [5, 5.41) is 0.